The van der Waals surface area contributed by atoms with Crippen molar-refractivity contribution in [2.24, 2.45) is 0 Å². The molecule has 0 spiro atoms. The summed E-state index contributed by atoms with van der Waals surface area (Å²) in [6.45, 7) is 10.6. The molecule has 32 heavy (non-hydrogen) atoms. The Morgan fingerprint density at radius 1 is 1.12 bits per heavy atom. The molecule has 0 amide bonds. The molecule has 0 aromatic heterocycles. The Balaban J connectivity index is 1.85. The van der Waals surface area contributed by atoms with Crippen molar-refractivity contribution in [3.63, 3.8) is 0 Å². The van der Waals surface area contributed by atoms with Gasteiger partial charge in [0.15, 0.2) is 34.7 Å². The first-order valence-corrected chi connectivity index (χ1v) is 10.3. The Bertz CT molecular complexity index is 1090. The average Bonchev–Trinajstić information content (AvgIpc) is 2.76. The third-order valence-corrected chi connectivity index (χ3v) is 4.92. The van der Waals surface area contributed by atoms with Gasteiger partial charge in [0.05, 0.1) is 6.61 Å². The zero-order valence-electron chi connectivity index (χ0n) is 18.0. The number of aryl methyl sites for hydroxylation is 1. The summed E-state index contributed by atoms with van der Waals surface area (Å²) in [5, 5.41) is 0. The van der Waals surface area contributed by atoms with E-state index in [1.165, 1.54) is 18.2 Å². The fraction of sp³-hybridized carbons (Fsp3) is 0.280. The highest BCUT2D eigenvalue weighted by Crippen LogP contribution is 2.39. The number of allylic oxidation sites excluding steroid dienone is 2. The fourth-order valence-electron chi connectivity index (χ4n) is 3.38. The molecule has 0 fully saturated rings. The topological polar surface area (TPSA) is 27.7 Å². The van der Waals surface area contributed by atoms with Crippen LogP contribution in [0.5, 0.6) is 11.5 Å². The van der Waals surface area contributed by atoms with Crippen LogP contribution in [0.1, 0.15) is 37.0 Å². The Hall–Kier alpha value is -3.22. The molecule has 0 aliphatic carbocycles. The standard InChI is InChI=1S/C25H24F4O3/c1-5-7-16-8-9-20(19(26)11-16)31-13-18-12-17-10-14(3)24(21(27)15(4)30-6-2)32-25(17)23(29)22(18)28/h8-9,11-12H,3-7,10,13H2,1-2H3/b24-21-. The van der Waals surface area contributed by atoms with Crippen molar-refractivity contribution < 1.29 is 31.8 Å². The molecule has 1 aliphatic rings. The van der Waals surface area contributed by atoms with Crippen LogP contribution in [0.25, 0.3) is 0 Å². The van der Waals surface area contributed by atoms with Crippen LogP contribution >= 0.6 is 0 Å². The van der Waals surface area contributed by atoms with E-state index in [2.05, 4.69) is 13.2 Å². The maximum atomic E-state index is 14.7. The second-order valence-corrected chi connectivity index (χ2v) is 7.34. The summed E-state index contributed by atoms with van der Waals surface area (Å²) in [6, 6.07) is 5.89. The first kappa shape index (κ1) is 23.4. The van der Waals surface area contributed by atoms with Crippen LogP contribution in [0.2, 0.25) is 0 Å². The first-order valence-electron chi connectivity index (χ1n) is 10.3. The zero-order chi connectivity index (χ0) is 23.4. The summed E-state index contributed by atoms with van der Waals surface area (Å²) in [7, 11) is 0. The molecule has 0 atom stereocenters. The van der Waals surface area contributed by atoms with Crippen LogP contribution in [-0.2, 0) is 24.2 Å². The van der Waals surface area contributed by atoms with E-state index in [1.54, 1.807) is 13.0 Å². The van der Waals surface area contributed by atoms with Gasteiger partial charge in [0.1, 0.15) is 6.61 Å². The van der Waals surface area contributed by atoms with Crippen LogP contribution < -0.4 is 9.47 Å². The second kappa shape index (κ2) is 9.94. The number of benzene rings is 2. The summed E-state index contributed by atoms with van der Waals surface area (Å²) in [4.78, 5) is 0. The summed E-state index contributed by atoms with van der Waals surface area (Å²) < 4.78 is 73.9. The molecule has 0 N–H and O–H groups in total. The van der Waals surface area contributed by atoms with Crippen LogP contribution in [-0.4, -0.2) is 6.61 Å². The molecule has 1 heterocycles. The molecule has 3 rings (SSSR count). The van der Waals surface area contributed by atoms with Crippen LogP contribution in [0.4, 0.5) is 17.6 Å². The van der Waals surface area contributed by atoms with Gasteiger partial charge < -0.3 is 14.2 Å². The van der Waals surface area contributed by atoms with Crippen LogP contribution in [0, 0.1) is 17.5 Å². The van der Waals surface area contributed by atoms with E-state index >= 15 is 0 Å². The maximum Gasteiger partial charge on any atom is 0.207 e. The number of ether oxygens (including phenoxy) is 3. The Morgan fingerprint density at radius 2 is 1.88 bits per heavy atom. The Labute approximate surface area is 184 Å². The molecule has 2 aromatic rings. The van der Waals surface area contributed by atoms with Gasteiger partial charge in [-0.15, -0.1) is 0 Å². The lowest BCUT2D eigenvalue weighted by Gasteiger charge is -2.24. The summed E-state index contributed by atoms with van der Waals surface area (Å²) >= 11 is 0. The SMILES string of the molecule is C=C(OCC)/C(F)=C1/Oc2c(cc(COc3ccc(CCC)cc3F)c(F)c2F)CC1=C. The molecule has 7 heteroatoms. The number of hydrogen-bond acceptors (Lipinski definition) is 3. The Kier molecular flexibility index (Phi) is 7.28. The van der Waals surface area contributed by atoms with Gasteiger partial charge in [-0.25, -0.2) is 8.78 Å². The smallest absolute Gasteiger partial charge is 0.207 e. The van der Waals surface area contributed by atoms with Gasteiger partial charge in [0, 0.05) is 17.5 Å². The number of halogens is 4. The number of hydrogen-bond donors (Lipinski definition) is 0. The molecule has 0 unspecified atom stereocenters. The molecule has 0 bridgehead atoms. The van der Waals surface area contributed by atoms with Gasteiger partial charge in [0.2, 0.25) is 11.6 Å². The molecular formula is C25H24F4O3. The quantitative estimate of drug-likeness (QED) is 0.326. The lowest BCUT2D eigenvalue weighted by atomic mass is 9.97. The highest BCUT2D eigenvalue weighted by Gasteiger charge is 2.29. The van der Waals surface area contributed by atoms with Gasteiger partial charge in [-0.2, -0.15) is 8.78 Å². The molecule has 0 radical (unpaired) electrons. The van der Waals surface area contributed by atoms with E-state index in [1.807, 2.05) is 6.92 Å². The molecule has 2 aromatic carbocycles. The van der Waals surface area contributed by atoms with E-state index in [-0.39, 0.29) is 47.0 Å². The highest BCUT2D eigenvalue weighted by atomic mass is 19.2. The molecular weight excluding hydrogens is 424 g/mol. The molecule has 1 aliphatic heterocycles. The summed E-state index contributed by atoms with van der Waals surface area (Å²) in [6.07, 6.45) is 1.61. The number of fused-ring (bicyclic) bond motifs is 1. The average molecular weight is 448 g/mol. The van der Waals surface area contributed by atoms with Gasteiger partial charge >= 0.3 is 0 Å². The molecule has 170 valence electrons. The predicted octanol–water partition coefficient (Wildman–Crippen LogP) is 6.86. The fourth-order valence-corrected chi connectivity index (χ4v) is 3.38. The Morgan fingerprint density at radius 3 is 2.53 bits per heavy atom. The third-order valence-electron chi connectivity index (χ3n) is 4.92. The van der Waals surface area contributed by atoms with Gasteiger partial charge in [-0.05, 0) is 42.7 Å². The van der Waals surface area contributed by atoms with E-state index in [9.17, 15) is 17.6 Å². The van der Waals surface area contributed by atoms with Crippen molar-refractivity contribution in [2.75, 3.05) is 6.61 Å². The van der Waals surface area contributed by atoms with Crippen molar-refractivity contribution in [3.05, 3.63) is 94.5 Å². The van der Waals surface area contributed by atoms with Crippen LogP contribution in [0.15, 0.2) is 60.3 Å². The number of rotatable bonds is 8. The minimum atomic E-state index is -1.29. The minimum absolute atomic E-state index is 0.0156. The van der Waals surface area contributed by atoms with Gasteiger partial charge in [0.25, 0.3) is 0 Å². The van der Waals surface area contributed by atoms with E-state index in [0.717, 1.165) is 18.4 Å². The zero-order valence-corrected chi connectivity index (χ0v) is 18.0. The van der Waals surface area contributed by atoms with Crippen molar-refractivity contribution >= 4 is 0 Å². The van der Waals surface area contributed by atoms with Crippen molar-refractivity contribution in [1.29, 1.82) is 0 Å². The molecule has 3 nitrogen and oxygen atoms in total. The van der Waals surface area contributed by atoms with Gasteiger partial charge in [-0.1, -0.05) is 32.6 Å². The molecule has 0 saturated heterocycles. The van der Waals surface area contributed by atoms with E-state index in [4.69, 9.17) is 14.2 Å². The largest absolute Gasteiger partial charge is 0.491 e. The van der Waals surface area contributed by atoms with Crippen molar-refractivity contribution in [1.82, 2.24) is 0 Å². The summed E-state index contributed by atoms with van der Waals surface area (Å²) in [5.41, 5.74) is 1.18. The van der Waals surface area contributed by atoms with Crippen LogP contribution in [0.3, 0.4) is 0 Å². The van der Waals surface area contributed by atoms with Crippen molar-refractivity contribution in [3.8, 4) is 11.5 Å². The lowest BCUT2D eigenvalue weighted by molar-refractivity contribution is 0.220. The van der Waals surface area contributed by atoms with E-state index < -0.39 is 35.6 Å². The maximum absolute atomic E-state index is 14.7. The predicted molar refractivity (Wildman–Crippen MR) is 113 cm³/mol. The minimum Gasteiger partial charge on any atom is -0.491 e. The molecule has 0 saturated carbocycles. The van der Waals surface area contributed by atoms with E-state index in [0.29, 0.717) is 0 Å². The normalized spacial score (nSPS) is 14.5. The summed E-state index contributed by atoms with van der Waals surface area (Å²) in [5.74, 6) is -5.17. The highest BCUT2D eigenvalue weighted by molar-refractivity contribution is 5.51. The lowest BCUT2D eigenvalue weighted by Crippen LogP contribution is -2.16. The second-order valence-electron chi connectivity index (χ2n) is 7.34. The van der Waals surface area contributed by atoms with Crippen molar-refractivity contribution in [2.45, 2.75) is 39.7 Å². The van der Waals surface area contributed by atoms with Gasteiger partial charge in [-0.3, -0.25) is 0 Å². The first-order chi connectivity index (χ1) is 15.3. The monoisotopic (exact) mass is 448 g/mol. The third kappa shape index (κ3) is 4.82.